The number of rotatable bonds is 6. The van der Waals surface area contributed by atoms with Crippen molar-refractivity contribution in [2.45, 2.75) is 11.8 Å². The third-order valence-electron chi connectivity index (χ3n) is 3.54. The van der Waals surface area contributed by atoms with Crippen LogP contribution in [0.15, 0.2) is 29.4 Å². The largest absolute Gasteiger partial charge is 0.468 e. The second-order valence-corrected chi connectivity index (χ2v) is 6.61. The fourth-order valence-corrected chi connectivity index (χ4v) is 3.14. The van der Waals surface area contributed by atoms with Gasteiger partial charge < -0.3 is 15.2 Å². The van der Waals surface area contributed by atoms with Crippen LogP contribution in [0.5, 0.6) is 0 Å². The van der Waals surface area contributed by atoms with Crippen molar-refractivity contribution in [2.24, 2.45) is 0 Å². The highest BCUT2D eigenvalue weighted by Gasteiger charge is 2.18. The van der Waals surface area contributed by atoms with Gasteiger partial charge in [-0.25, -0.2) is 4.98 Å². The first-order chi connectivity index (χ1) is 12.5. The van der Waals surface area contributed by atoms with E-state index < -0.39 is 0 Å². The Hall–Kier alpha value is -2.36. The zero-order chi connectivity index (χ0) is 18.7. The maximum atomic E-state index is 11.3. The molecule has 0 saturated heterocycles. The molecule has 0 unspecified atom stereocenters. The number of carbonyl (C=O) groups excluding carboxylic acids is 1. The second-order valence-electron chi connectivity index (χ2n) is 5.23. The summed E-state index contributed by atoms with van der Waals surface area (Å²) in [7, 11) is 2.91. The molecule has 8 nitrogen and oxygen atoms in total. The predicted molar refractivity (Wildman–Crippen MR) is 99.1 cm³/mol. The summed E-state index contributed by atoms with van der Waals surface area (Å²) < 4.78 is 11.3. The number of anilines is 1. The Balaban J connectivity index is 2.08. The summed E-state index contributed by atoms with van der Waals surface area (Å²) in [5.74, 6) is 0.445. The number of thioether (sulfide) groups is 1. The van der Waals surface area contributed by atoms with Gasteiger partial charge in [0.2, 0.25) is 5.16 Å². The zero-order valence-corrected chi connectivity index (χ0v) is 15.7. The number of halogens is 1. The molecule has 2 N–H and O–H groups in total. The number of fused-ring (bicyclic) bond motifs is 1. The van der Waals surface area contributed by atoms with Crippen molar-refractivity contribution in [1.29, 1.82) is 0 Å². The maximum Gasteiger partial charge on any atom is 0.316 e. The summed E-state index contributed by atoms with van der Waals surface area (Å²) in [6, 6.07) is 7.25. The Bertz CT molecular complexity index is 945. The molecule has 26 heavy (non-hydrogen) atoms. The van der Waals surface area contributed by atoms with Crippen molar-refractivity contribution >= 4 is 40.9 Å². The lowest BCUT2D eigenvalue weighted by Crippen LogP contribution is -2.08. The molecule has 2 aromatic heterocycles. The molecule has 1 aromatic carbocycles. The highest BCUT2D eigenvalue weighted by molar-refractivity contribution is 7.99. The van der Waals surface area contributed by atoms with Gasteiger partial charge in [0.05, 0.1) is 25.2 Å². The number of aromatic nitrogens is 4. The van der Waals surface area contributed by atoms with E-state index in [9.17, 15) is 4.79 Å². The van der Waals surface area contributed by atoms with E-state index in [-0.39, 0.29) is 18.3 Å². The van der Waals surface area contributed by atoms with Gasteiger partial charge in [-0.05, 0) is 17.7 Å². The van der Waals surface area contributed by atoms with Gasteiger partial charge >= 0.3 is 5.97 Å². The van der Waals surface area contributed by atoms with Crippen LogP contribution in [-0.2, 0) is 20.9 Å². The SMILES string of the molecule is COCc1nc2nc(SCC(=O)OC)nn2c(N)c1-c1ccc(Cl)cc1. The smallest absolute Gasteiger partial charge is 0.316 e. The van der Waals surface area contributed by atoms with E-state index in [1.54, 1.807) is 19.2 Å². The molecule has 0 aliphatic carbocycles. The molecule has 0 saturated carbocycles. The molecule has 10 heteroatoms. The fourth-order valence-electron chi connectivity index (χ4n) is 2.37. The van der Waals surface area contributed by atoms with Crippen molar-refractivity contribution < 1.29 is 14.3 Å². The molecule has 0 amide bonds. The number of hydrogen-bond donors (Lipinski definition) is 1. The van der Waals surface area contributed by atoms with E-state index in [2.05, 4.69) is 19.8 Å². The van der Waals surface area contributed by atoms with Gasteiger partial charge in [-0.2, -0.15) is 9.50 Å². The van der Waals surface area contributed by atoms with Gasteiger partial charge in [-0.3, -0.25) is 4.79 Å². The highest BCUT2D eigenvalue weighted by Crippen LogP contribution is 2.31. The molecular weight excluding hydrogens is 378 g/mol. The van der Waals surface area contributed by atoms with Crippen LogP contribution < -0.4 is 5.73 Å². The molecule has 0 fully saturated rings. The topological polar surface area (TPSA) is 105 Å². The molecule has 0 radical (unpaired) electrons. The standard InChI is InChI=1S/C16H16ClN5O3S/c1-24-7-11-13(9-3-5-10(17)6-4-9)14(18)22-15(19-11)20-16(21-22)26-8-12(23)25-2/h3-6H,7-8,18H2,1-2H3. The summed E-state index contributed by atoms with van der Waals surface area (Å²) in [6.45, 7) is 0.260. The number of benzene rings is 1. The van der Waals surface area contributed by atoms with Crippen LogP contribution in [0.25, 0.3) is 16.9 Å². The summed E-state index contributed by atoms with van der Waals surface area (Å²) >= 11 is 7.12. The van der Waals surface area contributed by atoms with Gasteiger partial charge in [0.15, 0.2) is 0 Å². The lowest BCUT2D eigenvalue weighted by molar-refractivity contribution is -0.137. The maximum absolute atomic E-state index is 11.3. The Morgan fingerprint density at radius 3 is 2.65 bits per heavy atom. The minimum atomic E-state index is -0.364. The monoisotopic (exact) mass is 393 g/mol. The van der Waals surface area contributed by atoms with Crippen LogP contribution in [0.2, 0.25) is 5.02 Å². The van der Waals surface area contributed by atoms with Crippen molar-refractivity contribution in [3.8, 4) is 11.1 Å². The van der Waals surface area contributed by atoms with E-state index in [0.29, 0.717) is 33.0 Å². The summed E-state index contributed by atoms with van der Waals surface area (Å²) in [4.78, 5) is 20.1. The van der Waals surface area contributed by atoms with E-state index >= 15 is 0 Å². The van der Waals surface area contributed by atoms with E-state index in [4.69, 9.17) is 22.1 Å². The minimum Gasteiger partial charge on any atom is -0.468 e. The Kier molecular flexibility index (Phi) is 5.60. The molecule has 136 valence electrons. The van der Waals surface area contributed by atoms with Crippen LogP contribution in [0.3, 0.4) is 0 Å². The molecule has 3 rings (SSSR count). The van der Waals surface area contributed by atoms with Crippen LogP contribution in [0.4, 0.5) is 5.82 Å². The van der Waals surface area contributed by atoms with Gasteiger partial charge in [0, 0.05) is 17.7 Å². The third kappa shape index (κ3) is 3.74. The van der Waals surface area contributed by atoms with Crippen molar-refractivity contribution in [1.82, 2.24) is 19.6 Å². The minimum absolute atomic E-state index is 0.0995. The van der Waals surface area contributed by atoms with Gasteiger partial charge in [-0.1, -0.05) is 35.5 Å². The Morgan fingerprint density at radius 1 is 1.27 bits per heavy atom. The highest BCUT2D eigenvalue weighted by atomic mass is 35.5. The van der Waals surface area contributed by atoms with Gasteiger partial charge in [0.25, 0.3) is 5.78 Å². The number of carbonyl (C=O) groups is 1. The Morgan fingerprint density at radius 2 is 2.00 bits per heavy atom. The lowest BCUT2D eigenvalue weighted by Gasteiger charge is -2.12. The fraction of sp³-hybridized carbons (Fsp3) is 0.250. The molecule has 0 bridgehead atoms. The third-order valence-corrected chi connectivity index (χ3v) is 4.60. The number of hydrogen-bond acceptors (Lipinski definition) is 8. The van der Waals surface area contributed by atoms with E-state index in [1.807, 2.05) is 12.1 Å². The number of nitrogens with two attached hydrogens (primary N) is 1. The molecule has 0 spiro atoms. The molecule has 3 aromatic rings. The average Bonchev–Trinajstić information content (AvgIpc) is 3.05. The molecular formula is C16H16ClN5O3S. The quantitative estimate of drug-likeness (QED) is 0.503. The van der Waals surface area contributed by atoms with Crippen LogP contribution in [-0.4, -0.2) is 45.5 Å². The second kappa shape index (κ2) is 7.90. The average molecular weight is 394 g/mol. The van der Waals surface area contributed by atoms with Crippen molar-refractivity contribution in [3.05, 3.63) is 35.0 Å². The van der Waals surface area contributed by atoms with Crippen LogP contribution in [0, 0.1) is 0 Å². The summed E-state index contributed by atoms with van der Waals surface area (Å²) in [5.41, 5.74) is 8.52. The first-order valence-electron chi connectivity index (χ1n) is 7.53. The Labute approximate surface area is 158 Å². The molecule has 0 atom stereocenters. The summed E-state index contributed by atoms with van der Waals surface area (Å²) in [6.07, 6.45) is 0. The lowest BCUT2D eigenvalue weighted by atomic mass is 10.0. The predicted octanol–water partition coefficient (Wildman–Crippen LogP) is 2.44. The van der Waals surface area contributed by atoms with Gasteiger partial charge in [-0.15, -0.1) is 5.10 Å². The van der Waals surface area contributed by atoms with E-state index in [0.717, 1.165) is 17.3 Å². The normalized spacial score (nSPS) is 11.0. The number of nitrogens with zero attached hydrogens (tertiary/aromatic N) is 4. The number of esters is 1. The van der Waals surface area contributed by atoms with E-state index in [1.165, 1.54) is 11.6 Å². The first kappa shape index (κ1) is 18.4. The summed E-state index contributed by atoms with van der Waals surface area (Å²) in [5, 5.41) is 5.33. The first-order valence-corrected chi connectivity index (χ1v) is 8.89. The van der Waals surface area contributed by atoms with Crippen LogP contribution >= 0.6 is 23.4 Å². The van der Waals surface area contributed by atoms with Crippen molar-refractivity contribution in [3.63, 3.8) is 0 Å². The number of methoxy groups -OCH3 is 2. The number of nitrogen functional groups attached to an aromatic ring is 1. The molecule has 2 heterocycles. The zero-order valence-electron chi connectivity index (χ0n) is 14.1. The molecule has 0 aliphatic rings. The number of ether oxygens (including phenoxy) is 2. The van der Waals surface area contributed by atoms with Crippen molar-refractivity contribution in [2.75, 3.05) is 25.7 Å². The molecule has 0 aliphatic heterocycles. The van der Waals surface area contributed by atoms with Crippen LogP contribution in [0.1, 0.15) is 5.69 Å². The van der Waals surface area contributed by atoms with Gasteiger partial charge in [0.1, 0.15) is 5.82 Å².